The Morgan fingerprint density at radius 1 is 1.15 bits per heavy atom. The van der Waals surface area contributed by atoms with E-state index in [4.69, 9.17) is 21.3 Å². The zero-order valence-corrected chi connectivity index (χ0v) is 20.5. The highest BCUT2D eigenvalue weighted by Gasteiger charge is 2.22. The highest BCUT2D eigenvalue weighted by Crippen LogP contribution is 2.27. The van der Waals surface area contributed by atoms with Crippen LogP contribution in [0.15, 0.2) is 52.4 Å². The molecule has 34 heavy (non-hydrogen) atoms. The van der Waals surface area contributed by atoms with E-state index < -0.39 is 0 Å². The van der Waals surface area contributed by atoms with Gasteiger partial charge in [0.15, 0.2) is 5.16 Å². The van der Waals surface area contributed by atoms with E-state index in [-0.39, 0.29) is 23.6 Å². The van der Waals surface area contributed by atoms with E-state index in [1.54, 1.807) is 22.8 Å². The standard InChI is InChI=1S/C26H28ClN3O3S/c27-22-10-4-1-6-18(22)16-34-26-29-23-14-17(24(31)28-19-7-2-3-8-19)11-12-21(23)25(32)30(26)15-20-9-5-13-33-20/h1,4,6,10-12,14,19-20H,2-3,5,7-9,13,15-16H2,(H,28,31). The summed E-state index contributed by atoms with van der Waals surface area (Å²) < 4.78 is 7.52. The molecule has 8 heteroatoms. The number of fused-ring (bicyclic) bond motifs is 1. The van der Waals surface area contributed by atoms with Gasteiger partial charge in [-0.2, -0.15) is 0 Å². The number of aromatic nitrogens is 2. The third kappa shape index (κ3) is 5.16. The van der Waals surface area contributed by atoms with Crippen LogP contribution >= 0.6 is 23.4 Å². The van der Waals surface area contributed by atoms with Crippen LogP contribution in [-0.4, -0.2) is 34.2 Å². The number of nitrogens with one attached hydrogen (secondary N) is 1. The number of carbonyl (C=O) groups excluding carboxylic acids is 1. The molecule has 2 aromatic carbocycles. The third-order valence-electron chi connectivity index (χ3n) is 6.60. The SMILES string of the molecule is O=C(NC1CCCC1)c1ccc2c(=O)n(CC3CCCO3)c(SCc3ccccc3Cl)nc2c1. The molecule has 0 spiro atoms. The van der Waals surface area contributed by atoms with Crippen LogP contribution in [0.4, 0.5) is 0 Å². The number of thioether (sulfide) groups is 1. The molecule has 1 N–H and O–H groups in total. The van der Waals surface area contributed by atoms with Gasteiger partial charge in [-0.3, -0.25) is 14.2 Å². The first-order valence-corrected chi connectivity index (χ1v) is 13.3. The fourth-order valence-electron chi connectivity index (χ4n) is 4.70. The van der Waals surface area contributed by atoms with Crippen LogP contribution in [0, 0.1) is 0 Å². The monoisotopic (exact) mass is 497 g/mol. The molecule has 1 saturated heterocycles. The summed E-state index contributed by atoms with van der Waals surface area (Å²) in [6.45, 7) is 1.19. The molecule has 1 aliphatic carbocycles. The van der Waals surface area contributed by atoms with Crippen LogP contribution in [0.3, 0.4) is 0 Å². The molecule has 1 atom stereocenters. The van der Waals surface area contributed by atoms with Gasteiger partial charge in [0.2, 0.25) is 0 Å². The van der Waals surface area contributed by atoms with Gasteiger partial charge in [-0.05, 0) is 55.5 Å². The molecule has 3 aromatic rings. The van der Waals surface area contributed by atoms with Gasteiger partial charge in [-0.25, -0.2) is 4.98 Å². The molecule has 0 radical (unpaired) electrons. The molecule has 6 nitrogen and oxygen atoms in total. The second-order valence-corrected chi connectivity index (χ2v) is 10.4. The number of hydrogen-bond donors (Lipinski definition) is 1. The van der Waals surface area contributed by atoms with Crippen molar-refractivity contribution in [3.63, 3.8) is 0 Å². The molecule has 1 unspecified atom stereocenters. The largest absolute Gasteiger partial charge is 0.376 e. The highest BCUT2D eigenvalue weighted by atomic mass is 35.5. The van der Waals surface area contributed by atoms with Crippen LogP contribution in [0.1, 0.15) is 54.4 Å². The molecular weight excluding hydrogens is 470 g/mol. The average Bonchev–Trinajstić information content (AvgIpc) is 3.55. The van der Waals surface area contributed by atoms with Crippen molar-refractivity contribution >= 4 is 40.2 Å². The number of hydrogen-bond acceptors (Lipinski definition) is 5. The minimum atomic E-state index is -0.107. The van der Waals surface area contributed by atoms with Gasteiger partial charge in [-0.1, -0.05) is 54.4 Å². The zero-order valence-electron chi connectivity index (χ0n) is 19.0. The van der Waals surface area contributed by atoms with E-state index >= 15 is 0 Å². The van der Waals surface area contributed by atoms with Crippen molar-refractivity contribution in [2.75, 3.05) is 6.61 Å². The van der Waals surface area contributed by atoms with E-state index in [2.05, 4.69) is 5.32 Å². The maximum absolute atomic E-state index is 13.5. The van der Waals surface area contributed by atoms with Crippen LogP contribution in [0.2, 0.25) is 5.02 Å². The fourth-order valence-corrected chi connectivity index (χ4v) is 6.00. The number of benzene rings is 2. The summed E-state index contributed by atoms with van der Waals surface area (Å²) in [6, 6.07) is 13.1. The summed E-state index contributed by atoms with van der Waals surface area (Å²) in [5.41, 5.74) is 1.95. The Kier molecular flexibility index (Phi) is 7.23. The van der Waals surface area contributed by atoms with Crippen LogP contribution in [0.25, 0.3) is 10.9 Å². The summed E-state index contributed by atoms with van der Waals surface area (Å²) >= 11 is 7.83. The Balaban J connectivity index is 1.48. The van der Waals surface area contributed by atoms with Gasteiger partial charge >= 0.3 is 0 Å². The van der Waals surface area contributed by atoms with Gasteiger partial charge in [0, 0.05) is 29.0 Å². The second-order valence-electron chi connectivity index (χ2n) is 9.01. The lowest BCUT2D eigenvalue weighted by Crippen LogP contribution is -2.32. The van der Waals surface area contributed by atoms with Gasteiger partial charge in [0.05, 0.1) is 23.6 Å². The normalized spacial score (nSPS) is 18.6. The topological polar surface area (TPSA) is 73.2 Å². The van der Waals surface area contributed by atoms with Crippen molar-refractivity contribution in [3.05, 3.63) is 69.0 Å². The predicted molar refractivity (Wildman–Crippen MR) is 136 cm³/mol. The lowest BCUT2D eigenvalue weighted by atomic mass is 10.1. The third-order valence-corrected chi connectivity index (χ3v) is 7.99. The molecule has 0 bridgehead atoms. The first kappa shape index (κ1) is 23.4. The number of carbonyl (C=O) groups is 1. The minimum absolute atomic E-state index is 0.00748. The first-order chi connectivity index (χ1) is 16.6. The maximum Gasteiger partial charge on any atom is 0.262 e. The first-order valence-electron chi connectivity index (χ1n) is 11.9. The van der Waals surface area contributed by atoms with Gasteiger partial charge in [0.25, 0.3) is 11.5 Å². The molecule has 2 heterocycles. The number of halogens is 1. The average molecular weight is 498 g/mol. The fraction of sp³-hybridized carbons (Fsp3) is 0.423. The van der Waals surface area contributed by atoms with Gasteiger partial charge < -0.3 is 10.1 Å². The summed E-state index contributed by atoms with van der Waals surface area (Å²) in [5.74, 6) is 0.481. The van der Waals surface area contributed by atoms with Gasteiger partial charge in [0.1, 0.15) is 0 Å². The lowest BCUT2D eigenvalue weighted by molar-refractivity contribution is 0.0935. The van der Waals surface area contributed by atoms with E-state index in [0.717, 1.165) is 50.7 Å². The molecule has 178 valence electrons. The number of ether oxygens (including phenoxy) is 1. The smallest absolute Gasteiger partial charge is 0.262 e. The van der Waals surface area contributed by atoms with Crippen LogP contribution in [-0.2, 0) is 17.0 Å². The Labute approximate surface area is 208 Å². The van der Waals surface area contributed by atoms with E-state index in [1.807, 2.05) is 24.3 Å². The highest BCUT2D eigenvalue weighted by molar-refractivity contribution is 7.98. The van der Waals surface area contributed by atoms with Crippen LogP contribution in [0.5, 0.6) is 0 Å². The predicted octanol–water partition coefficient (Wildman–Crippen LogP) is 5.19. The molecule has 1 aromatic heterocycles. The number of nitrogens with zero attached hydrogens (tertiary/aromatic N) is 2. The van der Waals surface area contributed by atoms with Crippen molar-refractivity contribution in [1.29, 1.82) is 0 Å². The van der Waals surface area contributed by atoms with E-state index in [9.17, 15) is 9.59 Å². The molecule has 2 aliphatic rings. The number of amides is 1. The summed E-state index contributed by atoms with van der Waals surface area (Å²) in [5, 5.41) is 4.93. The Morgan fingerprint density at radius 3 is 2.74 bits per heavy atom. The molecule has 2 fully saturated rings. The molecule has 5 rings (SSSR count). The summed E-state index contributed by atoms with van der Waals surface area (Å²) in [7, 11) is 0. The van der Waals surface area contributed by atoms with E-state index in [1.165, 1.54) is 11.8 Å². The second kappa shape index (κ2) is 10.5. The lowest BCUT2D eigenvalue weighted by Gasteiger charge is -2.17. The molecular formula is C26H28ClN3O3S. The van der Waals surface area contributed by atoms with Gasteiger partial charge in [-0.15, -0.1) is 0 Å². The zero-order chi connectivity index (χ0) is 23.5. The molecule has 1 aliphatic heterocycles. The molecule has 1 saturated carbocycles. The van der Waals surface area contributed by atoms with Crippen molar-refractivity contribution in [2.24, 2.45) is 0 Å². The number of rotatable bonds is 7. The van der Waals surface area contributed by atoms with Crippen molar-refractivity contribution in [1.82, 2.24) is 14.9 Å². The Morgan fingerprint density at radius 2 is 1.97 bits per heavy atom. The van der Waals surface area contributed by atoms with E-state index in [0.29, 0.717) is 38.9 Å². The molecule has 1 amide bonds. The Hall–Kier alpha value is -2.35. The maximum atomic E-state index is 13.5. The van der Waals surface area contributed by atoms with Crippen molar-refractivity contribution in [2.45, 2.75) is 68.1 Å². The van der Waals surface area contributed by atoms with Crippen LogP contribution < -0.4 is 10.9 Å². The van der Waals surface area contributed by atoms with Crippen molar-refractivity contribution < 1.29 is 9.53 Å². The Bertz CT molecular complexity index is 1250. The minimum Gasteiger partial charge on any atom is -0.376 e. The summed E-state index contributed by atoms with van der Waals surface area (Å²) in [6.07, 6.45) is 6.29. The summed E-state index contributed by atoms with van der Waals surface area (Å²) in [4.78, 5) is 31.1. The van der Waals surface area contributed by atoms with Crippen molar-refractivity contribution in [3.8, 4) is 0 Å². The quantitative estimate of drug-likeness (QED) is 0.359.